The molecular formula is C54H47N. The maximum absolute atomic E-state index is 2.57. The van der Waals surface area contributed by atoms with Crippen molar-refractivity contribution in [3.05, 3.63) is 185 Å². The van der Waals surface area contributed by atoms with Gasteiger partial charge >= 0.3 is 0 Å². The van der Waals surface area contributed by atoms with Crippen molar-refractivity contribution < 1.29 is 0 Å². The number of anilines is 3. The van der Waals surface area contributed by atoms with E-state index < -0.39 is 0 Å². The van der Waals surface area contributed by atoms with Gasteiger partial charge in [0.05, 0.1) is 5.69 Å². The summed E-state index contributed by atoms with van der Waals surface area (Å²) in [5.41, 5.74) is 23.1. The highest BCUT2D eigenvalue weighted by Gasteiger charge is 2.44. The minimum atomic E-state index is -0.0821. The molecule has 55 heavy (non-hydrogen) atoms. The summed E-state index contributed by atoms with van der Waals surface area (Å²) in [5.74, 6) is 0. The number of rotatable bonds is 4. The maximum atomic E-state index is 2.57. The molecule has 1 saturated carbocycles. The van der Waals surface area contributed by atoms with Gasteiger partial charge in [0.15, 0.2) is 0 Å². The lowest BCUT2D eigenvalue weighted by Crippen LogP contribution is -2.28. The van der Waals surface area contributed by atoms with Gasteiger partial charge in [-0.15, -0.1) is 0 Å². The van der Waals surface area contributed by atoms with Gasteiger partial charge in [0.1, 0.15) is 0 Å². The number of hydrogen-bond acceptors (Lipinski definition) is 1. The second kappa shape index (κ2) is 11.7. The van der Waals surface area contributed by atoms with Crippen LogP contribution in [0.15, 0.2) is 152 Å². The molecule has 1 nitrogen and oxygen atoms in total. The third-order valence-corrected chi connectivity index (χ3v) is 14.1. The molecule has 1 heteroatoms. The van der Waals surface area contributed by atoms with Crippen molar-refractivity contribution in [1.82, 2.24) is 0 Å². The van der Waals surface area contributed by atoms with Gasteiger partial charge in [-0.3, -0.25) is 0 Å². The lowest BCUT2D eigenvalue weighted by molar-refractivity contribution is 0.353. The predicted molar refractivity (Wildman–Crippen MR) is 231 cm³/mol. The molecule has 0 saturated heterocycles. The Labute approximate surface area is 326 Å². The zero-order valence-corrected chi connectivity index (χ0v) is 32.4. The fraction of sp³-hybridized carbons (Fsp3) is 0.222. The molecule has 0 amide bonds. The third-order valence-electron chi connectivity index (χ3n) is 14.1. The summed E-state index contributed by atoms with van der Waals surface area (Å²) in [4.78, 5) is 2.57. The van der Waals surface area contributed by atoms with Crippen LogP contribution in [-0.4, -0.2) is 0 Å². The fourth-order valence-electron chi connectivity index (χ4n) is 11.5. The number of fused-ring (bicyclic) bond motifs is 11. The largest absolute Gasteiger partial charge is 0.310 e. The van der Waals surface area contributed by atoms with Gasteiger partial charge in [-0.25, -0.2) is 0 Å². The van der Waals surface area contributed by atoms with Crippen molar-refractivity contribution in [1.29, 1.82) is 0 Å². The molecule has 4 aliphatic carbocycles. The Balaban J connectivity index is 1.11. The highest BCUT2D eigenvalue weighted by Crippen LogP contribution is 2.59. The first-order valence-corrected chi connectivity index (χ1v) is 20.4. The Bertz CT molecular complexity index is 2680. The van der Waals surface area contributed by atoms with Crippen molar-refractivity contribution in [3.8, 4) is 44.5 Å². The molecule has 0 radical (unpaired) electrons. The SMILES string of the molecule is CC1(C)c2ccccc2-c2c(N(c3ccc(-c4cccc5c4C(C)(C)c4ccccc4-5)cc3)c3ccc4c(c3)C3(CCCCC3)c3ccccc3-4)cccc21. The van der Waals surface area contributed by atoms with Crippen molar-refractivity contribution in [3.63, 3.8) is 0 Å². The Morgan fingerprint density at radius 1 is 0.400 bits per heavy atom. The number of nitrogens with zero attached hydrogens (tertiary/aromatic N) is 1. The predicted octanol–water partition coefficient (Wildman–Crippen LogP) is 14.7. The van der Waals surface area contributed by atoms with Gasteiger partial charge in [-0.05, 0) is 115 Å². The normalized spacial score (nSPS) is 17.2. The summed E-state index contributed by atoms with van der Waals surface area (Å²) < 4.78 is 0. The molecule has 4 aliphatic rings. The summed E-state index contributed by atoms with van der Waals surface area (Å²) in [7, 11) is 0. The highest BCUT2D eigenvalue weighted by molar-refractivity contribution is 5.96. The zero-order valence-electron chi connectivity index (χ0n) is 32.4. The lowest BCUT2D eigenvalue weighted by atomic mass is 9.68. The summed E-state index contributed by atoms with van der Waals surface area (Å²) in [6, 6.07) is 58.0. The van der Waals surface area contributed by atoms with Crippen molar-refractivity contribution in [2.45, 2.75) is 76.0 Å². The van der Waals surface area contributed by atoms with E-state index in [4.69, 9.17) is 0 Å². The van der Waals surface area contributed by atoms with Crippen molar-refractivity contribution in [2.24, 2.45) is 0 Å². The van der Waals surface area contributed by atoms with E-state index in [1.165, 1.54) is 127 Å². The first-order valence-electron chi connectivity index (χ1n) is 20.4. The van der Waals surface area contributed by atoms with E-state index in [1.807, 2.05) is 0 Å². The molecule has 0 N–H and O–H groups in total. The molecule has 0 heterocycles. The maximum Gasteiger partial charge on any atom is 0.0543 e. The number of hydrogen-bond donors (Lipinski definition) is 0. The summed E-state index contributed by atoms with van der Waals surface area (Å²) in [6.45, 7) is 9.55. The van der Waals surface area contributed by atoms with Crippen LogP contribution in [0.5, 0.6) is 0 Å². The van der Waals surface area contributed by atoms with E-state index in [-0.39, 0.29) is 16.2 Å². The van der Waals surface area contributed by atoms with Crippen LogP contribution in [0.3, 0.4) is 0 Å². The molecular weight excluding hydrogens is 663 g/mol. The zero-order chi connectivity index (χ0) is 37.1. The molecule has 0 aliphatic heterocycles. The monoisotopic (exact) mass is 709 g/mol. The van der Waals surface area contributed by atoms with Gasteiger partial charge < -0.3 is 4.90 Å². The van der Waals surface area contributed by atoms with Crippen LogP contribution in [0.4, 0.5) is 17.1 Å². The van der Waals surface area contributed by atoms with Crippen LogP contribution in [0.25, 0.3) is 44.5 Å². The van der Waals surface area contributed by atoms with E-state index in [0.717, 1.165) is 0 Å². The average molecular weight is 710 g/mol. The minimum Gasteiger partial charge on any atom is -0.310 e. The van der Waals surface area contributed by atoms with E-state index in [1.54, 1.807) is 0 Å². The molecule has 0 bridgehead atoms. The molecule has 268 valence electrons. The lowest BCUT2D eigenvalue weighted by Gasteiger charge is -2.37. The average Bonchev–Trinajstić information content (AvgIpc) is 3.73. The van der Waals surface area contributed by atoms with Gasteiger partial charge in [0, 0.05) is 33.2 Å². The minimum absolute atomic E-state index is 0.0743. The van der Waals surface area contributed by atoms with Crippen LogP contribution < -0.4 is 4.90 Å². The first kappa shape index (κ1) is 32.7. The van der Waals surface area contributed by atoms with Crippen molar-refractivity contribution in [2.75, 3.05) is 4.90 Å². The Morgan fingerprint density at radius 3 is 1.69 bits per heavy atom. The molecule has 7 aromatic carbocycles. The fourth-order valence-corrected chi connectivity index (χ4v) is 11.5. The summed E-state index contributed by atoms with van der Waals surface area (Å²) in [5, 5.41) is 0. The summed E-state index contributed by atoms with van der Waals surface area (Å²) in [6.07, 6.45) is 6.34. The van der Waals surface area contributed by atoms with Gasteiger partial charge in [-0.1, -0.05) is 168 Å². The van der Waals surface area contributed by atoms with E-state index in [2.05, 4.69) is 184 Å². The molecule has 1 spiro atoms. The second-order valence-electron chi connectivity index (χ2n) is 17.6. The summed E-state index contributed by atoms with van der Waals surface area (Å²) >= 11 is 0. The van der Waals surface area contributed by atoms with E-state index in [9.17, 15) is 0 Å². The quantitative estimate of drug-likeness (QED) is 0.176. The van der Waals surface area contributed by atoms with Gasteiger partial charge in [0.25, 0.3) is 0 Å². The standard InChI is InChI=1S/C54H47N/c1-52(2)45-22-10-8-18-43(45)50-47(52)24-15-25-49(50)55(37-30-31-41-39-16-7-11-23-46(39)54(48(41)34-37)32-12-5-13-33-54)36-28-26-35(27-29-36)38-19-14-20-42-40-17-6-9-21-44(40)53(3,4)51(38)42/h6-11,14-31,34H,5,12-13,32-33H2,1-4H3. The van der Waals surface area contributed by atoms with E-state index >= 15 is 0 Å². The van der Waals surface area contributed by atoms with Crippen molar-refractivity contribution >= 4 is 17.1 Å². The molecule has 0 atom stereocenters. The van der Waals surface area contributed by atoms with Crippen LogP contribution >= 0.6 is 0 Å². The Kier molecular flexibility index (Phi) is 6.95. The van der Waals surface area contributed by atoms with Crippen LogP contribution in [0, 0.1) is 0 Å². The Morgan fingerprint density at radius 2 is 0.945 bits per heavy atom. The van der Waals surface area contributed by atoms with Crippen LogP contribution in [-0.2, 0) is 16.2 Å². The first-order chi connectivity index (χ1) is 26.8. The molecule has 0 unspecified atom stereocenters. The molecule has 7 aromatic rings. The second-order valence-corrected chi connectivity index (χ2v) is 17.6. The topological polar surface area (TPSA) is 3.24 Å². The number of benzene rings is 7. The smallest absolute Gasteiger partial charge is 0.0543 e. The molecule has 0 aromatic heterocycles. The van der Waals surface area contributed by atoms with E-state index in [0.29, 0.717) is 0 Å². The van der Waals surface area contributed by atoms with Gasteiger partial charge in [0.2, 0.25) is 0 Å². The highest BCUT2D eigenvalue weighted by atomic mass is 15.1. The van der Waals surface area contributed by atoms with Gasteiger partial charge in [-0.2, -0.15) is 0 Å². The third kappa shape index (κ3) is 4.47. The molecule has 11 rings (SSSR count). The Hall–Kier alpha value is -5.66. The van der Waals surface area contributed by atoms with Crippen LogP contribution in [0.2, 0.25) is 0 Å². The van der Waals surface area contributed by atoms with Crippen LogP contribution in [0.1, 0.15) is 93.2 Å². The molecule has 1 fully saturated rings.